The van der Waals surface area contributed by atoms with E-state index in [2.05, 4.69) is 45.5 Å². The van der Waals surface area contributed by atoms with Gasteiger partial charge < -0.3 is 10.1 Å². The summed E-state index contributed by atoms with van der Waals surface area (Å²) in [4.78, 5) is 10.6. The Balaban J connectivity index is 1.71. The largest absolute Gasteiger partial charge is 0.376 e. The summed E-state index contributed by atoms with van der Waals surface area (Å²) >= 11 is 3.33. The van der Waals surface area contributed by atoms with E-state index in [1.807, 2.05) is 12.1 Å². The quantitative estimate of drug-likeness (QED) is 0.578. The van der Waals surface area contributed by atoms with Crippen LogP contribution in [0.15, 0.2) is 53.0 Å². The number of nitro groups is 1. The van der Waals surface area contributed by atoms with Crippen molar-refractivity contribution < 1.29 is 9.66 Å². The van der Waals surface area contributed by atoms with E-state index in [1.165, 1.54) is 11.6 Å². The molecule has 0 radical (unpaired) electrons. The first-order chi connectivity index (χ1) is 12.1. The number of non-ortho nitro benzene ring substituents is 1. The second-order valence-corrected chi connectivity index (χ2v) is 7.38. The lowest BCUT2D eigenvalue weighted by atomic mass is 9.74. The Labute approximate surface area is 155 Å². The number of nitro benzene ring substituents is 1. The SMILES string of the molecule is O=[N+]([O-])c1cc(Br)cc(COCC2(c3ccccc3)CCNCC2)c1. The van der Waals surface area contributed by atoms with Crippen molar-refractivity contribution in [1.82, 2.24) is 5.32 Å². The maximum absolute atomic E-state index is 11.0. The first-order valence-corrected chi connectivity index (χ1v) is 9.16. The number of nitrogens with one attached hydrogen (secondary N) is 1. The van der Waals surface area contributed by atoms with Crippen LogP contribution in [-0.4, -0.2) is 24.6 Å². The highest BCUT2D eigenvalue weighted by atomic mass is 79.9. The minimum absolute atomic E-state index is 0.00442. The molecule has 6 heteroatoms. The highest BCUT2D eigenvalue weighted by molar-refractivity contribution is 9.10. The minimum atomic E-state index is -0.382. The Morgan fingerprint density at radius 2 is 1.88 bits per heavy atom. The second-order valence-electron chi connectivity index (χ2n) is 6.46. The third-order valence-electron chi connectivity index (χ3n) is 4.75. The molecule has 0 atom stereocenters. The smallest absolute Gasteiger partial charge is 0.270 e. The molecule has 1 heterocycles. The molecule has 0 aliphatic carbocycles. The van der Waals surface area contributed by atoms with Gasteiger partial charge in [-0.15, -0.1) is 0 Å². The molecule has 0 spiro atoms. The molecule has 2 aromatic rings. The molecule has 5 nitrogen and oxygen atoms in total. The second kappa shape index (κ2) is 8.08. The van der Waals surface area contributed by atoms with Crippen LogP contribution in [0.25, 0.3) is 0 Å². The molecule has 25 heavy (non-hydrogen) atoms. The van der Waals surface area contributed by atoms with Crippen LogP contribution >= 0.6 is 15.9 Å². The summed E-state index contributed by atoms with van der Waals surface area (Å²) in [6.45, 7) is 2.92. The van der Waals surface area contributed by atoms with Gasteiger partial charge >= 0.3 is 0 Å². The van der Waals surface area contributed by atoms with Gasteiger partial charge in [0.15, 0.2) is 0 Å². The van der Waals surface area contributed by atoms with Crippen LogP contribution in [0.4, 0.5) is 5.69 Å². The van der Waals surface area contributed by atoms with Gasteiger partial charge in [-0.05, 0) is 43.1 Å². The molecule has 0 bridgehead atoms. The van der Waals surface area contributed by atoms with E-state index < -0.39 is 0 Å². The summed E-state index contributed by atoms with van der Waals surface area (Å²) in [5.74, 6) is 0. The molecule has 1 aliphatic heterocycles. The van der Waals surface area contributed by atoms with E-state index in [0.717, 1.165) is 31.5 Å². The van der Waals surface area contributed by atoms with E-state index in [1.54, 1.807) is 6.07 Å². The average molecular weight is 405 g/mol. The lowest BCUT2D eigenvalue weighted by molar-refractivity contribution is -0.385. The minimum Gasteiger partial charge on any atom is -0.376 e. The fourth-order valence-corrected chi connectivity index (χ4v) is 3.93. The Hall–Kier alpha value is -1.76. The molecule has 1 saturated heterocycles. The zero-order valence-electron chi connectivity index (χ0n) is 13.9. The van der Waals surface area contributed by atoms with Crippen molar-refractivity contribution in [3.63, 3.8) is 0 Å². The molecular weight excluding hydrogens is 384 g/mol. The monoisotopic (exact) mass is 404 g/mol. The van der Waals surface area contributed by atoms with Gasteiger partial charge in [0.25, 0.3) is 5.69 Å². The number of benzene rings is 2. The Kier molecular flexibility index (Phi) is 5.83. The van der Waals surface area contributed by atoms with E-state index in [4.69, 9.17) is 4.74 Å². The molecule has 132 valence electrons. The van der Waals surface area contributed by atoms with E-state index >= 15 is 0 Å². The zero-order valence-corrected chi connectivity index (χ0v) is 15.5. The molecule has 2 aromatic carbocycles. The van der Waals surface area contributed by atoms with Crippen molar-refractivity contribution >= 4 is 21.6 Å². The molecule has 0 unspecified atom stereocenters. The Bertz CT molecular complexity index is 731. The normalized spacial score (nSPS) is 16.5. The topological polar surface area (TPSA) is 64.4 Å². The van der Waals surface area contributed by atoms with Gasteiger partial charge in [0.05, 0.1) is 18.1 Å². The fraction of sp³-hybridized carbons (Fsp3) is 0.368. The Morgan fingerprint density at radius 1 is 1.16 bits per heavy atom. The van der Waals surface area contributed by atoms with Crippen LogP contribution in [-0.2, 0) is 16.8 Å². The fourth-order valence-electron chi connectivity index (χ4n) is 3.40. The van der Waals surface area contributed by atoms with Gasteiger partial charge in [-0.2, -0.15) is 0 Å². The van der Waals surface area contributed by atoms with Crippen LogP contribution in [0.5, 0.6) is 0 Å². The molecule has 3 rings (SSSR count). The first kappa shape index (κ1) is 18.0. The highest BCUT2D eigenvalue weighted by Crippen LogP contribution is 2.34. The number of halogens is 1. The van der Waals surface area contributed by atoms with Crippen LogP contribution in [0.2, 0.25) is 0 Å². The van der Waals surface area contributed by atoms with Crippen molar-refractivity contribution in [3.8, 4) is 0 Å². The van der Waals surface area contributed by atoms with E-state index in [9.17, 15) is 10.1 Å². The lowest BCUT2D eigenvalue weighted by Crippen LogP contribution is -2.43. The molecule has 0 amide bonds. The number of nitrogens with zero attached hydrogens (tertiary/aromatic N) is 1. The summed E-state index contributed by atoms with van der Waals surface area (Å²) in [6, 6.07) is 15.4. The van der Waals surface area contributed by atoms with E-state index in [0.29, 0.717) is 17.7 Å². The van der Waals surface area contributed by atoms with Crippen LogP contribution in [0, 0.1) is 10.1 Å². The number of piperidine rings is 1. The number of hydrogen-bond acceptors (Lipinski definition) is 4. The van der Waals surface area contributed by atoms with Crippen LogP contribution < -0.4 is 5.32 Å². The van der Waals surface area contributed by atoms with Gasteiger partial charge in [0, 0.05) is 22.0 Å². The first-order valence-electron chi connectivity index (χ1n) is 8.37. The molecule has 1 aliphatic rings. The third kappa shape index (κ3) is 4.45. The van der Waals surface area contributed by atoms with Crippen molar-refractivity contribution in [2.45, 2.75) is 24.9 Å². The van der Waals surface area contributed by atoms with Crippen LogP contribution in [0.1, 0.15) is 24.0 Å². The van der Waals surface area contributed by atoms with Crippen molar-refractivity contribution in [2.24, 2.45) is 0 Å². The third-order valence-corrected chi connectivity index (χ3v) is 5.20. The predicted octanol–water partition coefficient (Wildman–Crippen LogP) is 4.20. The molecule has 1 N–H and O–H groups in total. The van der Waals surface area contributed by atoms with Gasteiger partial charge in [-0.25, -0.2) is 0 Å². The van der Waals surface area contributed by atoms with Gasteiger partial charge in [-0.1, -0.05) is 46.3 Å². The summed E-state index contributed by atoms with van der Waals surface area (Å²) in [5, 5.41) is 14.4. The van der Waals surface area contributed by atoms with Crippen LogP contribution in [0.3, 0.4) is 0 Å². The van der Waals surface area contributed by atoms with Crippen molar-refractivity contribution in [1.29, 1.82) is 0 Å². The number of rotatable bonds is 6. The predicted molar refractivity (Wildman–Crippen MR) is 101 cm³/mol. The summed E-state index contributed by atoms with van der Waals surface area (Å²) in [5.41, 5.74) is 2.19. The maximum Gasteiger partial charge on any atom is 0.270 e. The van der Waals surface area contributed by atoms with E-state index in [-0.39, 0.29) is 16.0 Å². The molecule has 0 aromatic heterocycles. The summed E-state index contributed by atoms with van der Waals surface area (Å²) < 4.78 is 6.73. The van der Waals surface area contributed by atoms with Gasteiger partial charge in [-0.3, -0.25) is 10.1 Å². The van der Waals surface area contributed by atoms with Crippen molar-refractivity contribution in [2.75, 3.05) is 19.7 Å². The average Bonchev–Trinajstić information content (AvgIpc) is 2.63. The maximum atomic E-state index is 11.0. The van der Waals surface area contributed by atoms with Gasteiger partial charge in [0.2, 0.25) is 0 Å². The number of ether oxygens (including phenoxy) is 1. The highest BCUT2D eigenvalue weighted by Gasteiger charge is 2.34. The zero-order chi connectivity index (χ0) is 17.7. The molecule has 1 fully saturated rings. The molecule has 0 saturated carbocycles. The number of hydrogen-bond donors (Lipinski definition) is 1. The van der Waals surface area contributed by atoms with Gasteiger partial charge in [0.1, 0.15) is 0 Å². The summed E-state index contributed by atoms with van der Waals surface area (Å²) in [6.07, 6.45) is 2.05. The Morgan fingerprint density at radius 3 is 2.56 bits per heavy atom. The standard InChI is InChI=1S/C19H21BrN2O3/c20-17-10-15(11-18(12-17)22(23)24)13-25-14-19(6-8-21-9-7-19)16-4-2-1-3-5-16/h1-5,10-12,21H,6-9,13-14H2. The van der Waals surface area contributed by atoms with Crippen molar-refractivity contribution in [3.05, 3.63) is 74.2 Å². The summed E-state index contributed by atoms with van der Waals surface area (Å²) in [7, 11) is 0. The lowest BCUT2D eigenvalue weighted by Gasteiger charge is -2.38. The molecular formula is C19H21BrN2O3.